The van der Waals surface area contributed by atoms with E-state index in [0.717, 1.165) is 11.3 Å². The molecular formula is C14H15NO2. The Morgan fingerprint density at radius 2 is 1.88 bits per heavy atom. The summed E-state index contributed by atoms with van der Waals surface area (Å²) in [6, 6.07) is 13.4. The zero-order valence-electron chi connectivity index (χ0n) is 10.0. The van der Waals surface area contributed by atoms with Crippen LogP contribution in [0.3, 0.4) is 0 Å². The maximum absolute atomic E-state index is 12.0. The normalized spacial score (nSPS) is 10.2. The van der Waals surface area contributed by atoms with Crippen LogP contribution in [0.5, 0.6) is 0 Å². The van der Waals surface area contributed by atoms with E-state index in [-0.39, 0.29) is 5.91 Å². The minimum absolute atomic E-state index is 0.0954. The van der Waals surface area contributed by atoms with Gasteiger partial charge in [-0.2, -0.15) is 0 Å². The summed E-state index contributed by atoms with van der Waals surface area (Å²) in [5, 5.41) is 0. The van der Waals surface area contributed by atoms with Gasteiger partial charge in [0.05, 0.1) is 0 Å². The second kappa shape index (κ2) is 4.87. The highest BCUT2D eigenvalue weighted by Crippen LogP contribution is 2.11. The lowest BCUT2D eigenvalue weighted by molar-refractivity contribution is 0.0752. The molecule has 2 aromatic rings. The SMILES string of the molecule is Cc1ccc(C(=O)N(C)Cc2ccccc2)o1. The second-order valence-corrected chi connectivity index (χ2v) is 4.06. The lowest BCUT2D eigenvalue weighted by Gasteiger charge is -2.15. The summed E-state index contributed by atoms with van der Waals surface area (Å²) >= 11 is 0. The number of amides is 1. The molecular weight excluding hydrogens is 214 g/mol. The van der Waals surface area contributed by atoms with Crippen LogP contribution in [0.2, 0.25) is 0 Å². The molecule has 1 aromatic carbocycles. The van der Waals surface area contributed by atoms with Crippen molar-refractivity contribution < 1.29 is 9.21 Å². The molecule has 88 valence electrons. The third kappa shape index (κ3) is 2.75. The fourth-order valence-corrected chi connectivity index (χ4v) is 1.67. The van der Waals surface area contributed by atoms with E-state index in [2.05, 4.69) is 0 Å². The Bertz CT molecular complexity index is 502. The van der Waals surface area contributed by atoms with Gasteiger partial charge >= 0.3 is 0 Å². The first kappa shape index (κ1) is 11.5. The first-order valence-electron chi connectivity index (χ1n) is 5.52. The molecule has 17 heavy (non-hydrogen) atoms. The largest absolute Gasteiger partial charge is 0.456 e. The number of benzene rings is 1. The molecule has 0 saturated carbocycles. The molecule has 3 nitrogen and oxygen atoms in total. The molecule has 0 unspecified atom stereocenters. The van der Waals surface area contributed by atoms with E-state index in [1.54, 1.807) is 24.1 Å². The molecule has 0 N–H and O–H groups in total. The Morgan fingerprint density at radius 3 is 2.47 bits per heavy atom. The van der Waals surface area contributed by atoms with Crippen molar-refractivity contribution in [2.24, 2.45) is 0 Å². The van der Waals surface area contributed by atoms with Crippen LogP contribution in [0.4, 0.5) is 0 Å². The van der Waals surface area contributed by atoms with Gasteiger partial charge in [0.2, 0.25) is 0 Å². The van der Waals surface area contributed by atoms with Crippen molar-refractivity contribution in [2.45, 2.75) is 13.5 Å². The van der Waals surface area contributed by atoms with E-state index in [1.165, 1.54) is 0 Å². The molecule has 1 heterocycles. The van der Waals surface area contributed by atoms with E-state index < -0.39 is 0 Å². The average molecular weight is 229 g/mol. The summed E-state index contributed by atoms with van der Waals surface area (Å²) in [6.07, 6.45) is 0. The number of hydrogen-bond donors (Lipinski definition) is 0. The monoisotopic (exact) mass is 229 g/mol. The van der Waals surface area contributed by atoms with Crippen molar-refractivity contribution in [3.8, 4) is 0 Å². The smallest absolute Gasteiger partial charge is 0.289 e. The van der Waals surface area contributed by atoms with Crippen LogP contribution in [0.25, 0.3) is 0 Å². The van der Waals surface area contributed by atoms with Gasteiger partial charge in [-0.1, -0.05) is 30.3 Å². The molecule has 0 aliphatic carbocycles. The lowest BCUT2D eigenvalue weighted by Crippen LogP contribution is -2.25. The number of carbonyl (C=O) groups excluding carboxylic acids is 1. The highest BCUT2D eigenvalue weighted by molar-refractivity contribution is 5.91. The standard InChI is InChI=1S/C14H15NO2/c1-11-8-9-13(17-11)14(16)15(2)10-12-6-4-3-5-7-12/h3-9H,10H2,1-2H3. The molecule has 0 spiro atoms. The average Bonchev–Trinajstić information content (AvgIpc) is 2.76. The van der Waals surface area contributed by atoms with Gasteiger partial charge in [0.1, 0.15) is 5.76 Å². The number of nitrogens with zero attached hydrogens (tertiary/aromatic N) is 1. The first-order chi connectivity index (χ1) is 8.16. The maximum atomic E-state index is 12.0. The Morgan fingerprint density at radius 1 is 1.18 bits per heavy atom. The molecule has 2 rings (SSSR count). The minimum atomic E-state index is -0.0954. The van der Waals surface area contributed by atoms with Crippen LogP contribution in [-0.2, 0) is 6.54 Å². The van der Waals surface area contributed by atoms with E-state index in [0.29, 0.717) is 12.3 Å². The van der Waals surface area contributed by atoms with Gasteiger partial charge in [-0.15, -0.1) is 0 Å². The summed E-state index contributed by atoms with van der Waals surface area (Å²) in [5.41, 5.74) is 1.10. The Balaban J connectivity index is 2.06. The Hall–Kier alpha value is -2.03. The fourth-order valence-electron chi connectivity index (χ4n) is 1.67. The van der Waals surface area contributed by atoms with Gasteiger partial charge in [0, 0.05) is 13.6 Å². The molecule has 0 saturated heterocycles. The third-order valence-electron chi connectivity index (χ3n) is 2.56. The van der Waals surface area contributed by atoms with Gasteiger partial charge in [-0.3, -0.25) is 4.79 Å². The van der Waals surface area contributed by atoms with Crippen molar-refractivity contribution >= 4 is 5.91 Å². The summed E-state index contributed by atoms with van der Waals surface area (Å²) in [6.45, 7) is 2.41. The van der Waals surface area contributed by atoms with E-state index >= 15 is 0 Å². The summed E-state index contributed by atoms with van der Waals surface area (Å²) in [7, 11) is 1.77. The minimum Gasteiger partial charge on any atom is -0.456 e. The van der Waals surface area contributed by atoms with Crippen molar-refractivity contribution in [2.75, 3.05) is 7.05 Å². The predicted octanol–water partition coefficient (Wildman–Crippen LogP) is 2.86. The van der Waals surface area contributed by atoms with Gasteiger partial charge in [-0.25, -0.2) is 0 Å². The first-order valence-corrected chi connectivity index (χ1v) is 5.52. The molecule has 1 amide bonds. The summed E-state index contributed by atoms with van der Waals surface area (Å²) in [4.78, 5) is 13.6. The van der Waals surface area contributed by atoms with Crippen LogP contribution >= 0.6 is 0 Å². The predicted molar refractivity (Wildman–Crippen MR) is 65.7 cm³/mol. The number of rotatable bonds is 3. The molecule has 0 aliphatic rings. The zero-order valence-corrected chi connectivity index (χ0v) is 10.0. The molecule has 0 fully saturated rings. The van der Waals surface area contributed by atoms with Gasteiger partial charge < -0.3 is 9.32 Å². The highest BCUT2D eigenvalue weighted by atomic mass is 16.3. The van der Waals surface area contributed by atoms with Crippen LogP contribution in [0.1, 0.15) is 21.9 Å². The summed E-state index contributed by atoms with van der Waals surface area (Å²) < 4.78 is 5.31. The molecule has 0 aliphatic heterocycles. The second-order valence-electron chi connectivity index (χ2n) is 4.06. The van der Waals surface area contributed by atoms with Crippen LogP contribution < -0.4 is 0 Å². The highest BCUT2D eigenvalue weighted by Gasteiger charge is 2.15. The zero-order chi connectivity index (χ0) is 12.3. The Kier molecular flexibility index (Phi) is 3.28. The number of furan rings is 1. The number of aryl methyl sites for hydroxylation is 1. The van der Waals surface area contributed by atoms with E-state index in [4.69, 9.17) is 4.42 Å². The van der Waals surface area contributed by atoms with E-state index in [1.807, 2.05) is 37.3 Å². The van der Waals surface area contributed by atoms with Crippen LogP contribution in [0, 0.1) is 6.92 Å². The molecule has 0 radical (unpaired) electrons. The molecule has 0 atom stereocenters. The van der Waals surface area contributed by atoms with Gasteiger partial charge in [0.15, 0.2) is 5.76 Å². The van der Waals surface area contributed by atoms with Gasteiger partial charge in [-0.05, 0) is 24.6 Å². The molecule has 3 heteroatoms. The lowest BCUT2D eigenvalue weighted by atomic mass is 10.2. The van der Waals surface area contributed by atoms with Crippen LogP contribution in [-0.4, -0.2) is 17.9 Å². The van der Waals surface area contributed by atoms with Crippen molar-refractivity contribution in [3.63, 3.8) is 0 Å². The maximum Gasteiger partial charge on any atom is 0.289 e. The van der Waals surface area contributed by atoms with Crippen molar-refractivity contribution in [1.82, 2.24) is 4.90 Å². The van der Waals surface area contributed by atoms with E-state index in [9.17, 15) is 4.79 Å². The van der Waals surface area contributed by atoms with Crippen molar-refractivity contribution in [3.05, 3.63) is 59.5 Å². The Labute approximate surface area is 101 Å². The van der Waals surface area contributed by atoms with Crippen molar-refractivity contribution in [1.29, 1.82) is 0 Å². The number of hydrogen-bond acceptors (Lipinski definition) is 2. The number of carbonyl (C=O) groups is 1. The van der Waals surface area contributed by atoms with Gasteiger partial charge in [0.25, 0.3) is 5.91 Å². The fraction of sp³-hybridized carbons (Fsp3) is 0.214. The summed E-state index contributed by atoms with van der Waals surface area (Å²) in [5.74, 6) is 1.05. The molecule has 0 bridgehead atoms. The topological polar surface area (TPSA) is 33.5 Å². The molecule has 1 aromatic heterocycles. The third-order valence-corrected chi connectivity index (χ3v) is 2.56. The quantitative estimate of drug-likeness (QED) is 0.810. The van der Waals surface area contributed by atoms with Crippen LogP contribution in [0.15, 0.2) is 46.9 Å².